The molecule has 1 N–H and O–H groups in total. The average Bonchev–Trinajstić information content (AvgIpc) is 3.23. The molecule has 2 aromatic carbocycles. The number of aromatic nitrogens is 3. The van der Waals surface area contributed by atoms with Crippen molar-refractivity contribution in [2.24, 2.45) is 0 Å². The van der Waals surface area contributed by atoms with Gasteiger partial charge in [0.2, 0.25) is 4.96 Å². The lowest BCUT2D eigenvalue weighted by Gasteiger charge is -2.10. The van der Waals surface area contributed by atoms with Gasteiger partial charge in [0.05, 0.1) is 22.8 Å². The average molecular weight is 419 g/mol. The number of thiazole rings is 1. The molecule has 2 heterocycles. The zero-order valence-electron chi connectivity index (χ0n) is 13.9. The molecular formula is C18H12Cl2N4O2S. The molecule has 0 aliphatic heterocycles. The van der Waals surface area contributed by atoms with Crippen molar-refractivity contribution in [2.45, 2.75) is 0 Å². The third-order valence-corrected chi connectivity index (χ3v) is 5.30. The molecule has 0 aliphatic rings. The van der Waals surface area contributed by atoms with Crippen molar-refractivity contribution in [1.29, 1.82) is 0 Å². The Morgan fingerprint density at radius 3 is 2.63 bits per heavy atom. The molecule has 0 fully saturated rings. The van der Waals surface area contributed by atoms with Crippen LogP contribution in [-0.2, 0) is 0 Å². The number of halogens is 2. The van der Waals surface area contributed by atoms with E-state index >= 15 is 0 Å². The number of carbonyl (C=O) groups is 1. The summed E-state index contributed by atoms with van der Waals surface area (Å²) in [5.74, 6) is -0.131. The van der Waals surface area contributed by atoms with Gasteiger partial charge in [-0.3, -0.25) is 10.1 Å². The monoisotopic (exact) mass is 418 g/mol. The summed E-state index contributed by atoms with van der Waals surface area (Å²) in [6.45, 7) is 0. The third kappa shape index (κ3) is 3.25. The summed E-state index contributed by atoms with van der Waals surface area (Å²) in [6, 6.07) is 12.9. The molecule has 4 aromatic rings. The molecule has 0 saturated carbocycles. The molecule has 0 unspecified atom stereocenters. The Morgan fingerprint density at radius 1 is 1.15 bits per heavy atom. The maximum atomic E-state index is 12.7. The number of anilines is 1. The summed E-state index contributed by atoms with van der Waals surface area (Å²) in [4.78, 5) is 17.7. The second kappa shape index (κ2) is 7.19. The number of ether oxygens (including phenoxy) is 1. The normalized spacial score (nSPS) is 10.9. The van der Waals surface area contributed by atoms with Crippen LogP contribution in [-0.4, -0.2) is 27.6 Å². The summed E-state index contributed by atoms with van der Waals surface area (Å²) >= 11 is 13.7. The predicted molar refractivity (Wildman–Crippen MR) is 107 cm³/mol. The number of benzene rings is 2. The lowest BCUT2D eigenvalue weighted by molar-refractivity contribution is 0.102. The Labute approximate surface area is 168 Å². The minimum Gasteiger partial charge on any atom is -0.494 e. The molecule has 6 nitrogen and oxygen atoms in total. The zero-order valence-corrected chi connectivity index (χ0v) is 16.3. The van der Waals surface area contributed by atoms with E-state index in [2.05, 4.69) is 15.4 Å². The van der Waals surface area contributed by atoms with Gasteiger partial charge in [-0.2, -0.15) is 4.98 Å². The number of nitrogens with zero attached hydrogens (tertiary/aromatic N) is 3. The van der Waals surface area contributed by atoms with Crippen LogP contribution in [0.2, 0.25) is 10.0 Å². The Bertz CT molecular complexity index is 1140. The minimum atomic E-state index is -0.501. The van der Waals surface area contributed by atoms with E-state index < -0.39 is 5.91 Å². The Hall–Kier alpha value is -2.61. The summed E-state index contributed by atoms with van der Waals surface area (Å²) in [5, 5.41) is 9.52. The molecule has 27 heavy (non-hydrogen) atoms. The first kappa shape index (κ1) is 17.8. The van der Waals surface area contributed by atoms with Crippen LogP contribution in [0.15, 0.2) is 47.8 Å². The molecule has 0 bridgehead atoms. The topological polar surface area (TPSA) is 68.5 Å². The first-order valence-corrected chi connectivity index (χ1v) is 9.45. The second-order valence-corrected chi connectivity index (χ2v) is 7.16. The Balaban J connectivity index is 1.68. The van der Waals surface area contributed by atoms with Crippen LogP contribution in [0.5, 0.6) is 5.75 Å². The van der Waals surface area contributed by atoms with Crippen molar-refractivity contribution >= 4 is 51.4 Å². The molecule has 136 valence electrons. The van der Waals surface area contributed by atoms with Crippen LogP contribution in [0, 0.1) is 0 Å². The second-order valence-electron chi connectivity index (χ2n) is 5.51. The van der Waals surface area contributed by atoms with E-state index in [1.807, 2.05) is 35.7 Å². The van der Waals surface area contributed by atoms with Gasteiger partial charge in [-0.25, -0.2) is 4.52 Å². The Kier molecular flexibility index (Phi) is 4.73. The number of hydrogen-bond donors (Lipinski definition) is 1. The number of fused-ring (bicyclic) bond motifs is 1. The summed E-state index contributed by atoms with van der Waals surface area (Å²) in [5.41, 5.74) is 2.03. The molecule has 0 radical (unpaired) electrons. The van der Waals surface area contributed by atoms with Gasteiger partial charge in [0, 0.05) is 10.9 Å². The highest BCUT2D eigenvalue weighted by Gasteiger charge is 2.21. The highest BCUT2D eigenvalue weighted by Crippen LogP contribution is 2.34. The lowest BCUT2D eigenvalue weighted by atomic mass is 10.2. The molecule has 4 rings (SSSR count). The van der Waals surface area contributed by atoms with Crippen LogP contribution in [0.3, 0.4) is 0 Å². The van der Waals surface area contributed by atoms with Gasteiger partial charge in [-0.05, 0) is 12.1 Å². The van der Waals surface area contributed by atoms with Gasteiger partial charge in [-0.1, -0.05) is 53.5 Å². The minimum absolute atomic E-state index is 0.133. The van der Waals surface area contributed by atoms with E-state index in [-0.39, 0.29) is 27.3 Å². The number of carbonyl (C=O) groups excluding carboxylic acids is 1. The number of hydrogen-bond acceptors (Lipinski definition) is 5. The van der Waals surface area contributed by atoms with Crippen molar-refractivity contribution in [3.8, 4) is 17.0 Å². The van der Waals surface area contributed by atoms with E-state index in [1.165, 1.54) is 24.5 Å². The molecule has 0 aliphatic carbocycles. The molecule has 0 saturated heterocycles. The van der Waals surface area contributed by atoms with Crippen molar-refractivity contribution in [1.82, 2.24) is 14.6 Å². The van der Waals surface area contributed by atoms with Crippen molar-refractivity contribution in [3.05, 3.63) is 63.5 Å². The maximum Gasteiger partial charge on any atom is 0.263 e. The van der Waals surface area contributed by atoms with Gasteiger partial charge >= 0.3 is 0 Å². The van der Waals surface area contributed by atoms with E-state index in [0.29, 0.717) is 4.96 Å². The molecule has 1 amide bonds. The number of amides is 1. The summed E-state index contributed by atoms with van der Waals surface area (Å²) in [6.07, 6.45) is 0. The molecular weight excluding hydrogens is 407 g/mol. The first-order chi connectivity index (χ1) is 13.1. The van der Waals surface area contributed by atoms with E-state index in [9.17, 15) is 4.79 Å². The molecule has 2 aromatic heterocycles. The van der Waals surface area contributed by atoms with E-state index in [1.54, 1.807) is 10.6 Å². The van der Waals surface area contributed by atoms with Crippen LogP contribution < -0.4 is 10.1 Å². The van der Waals surface area contributed by atoms with Crippen molar-refractivity contribution in [3.63, 3.8) is 0 Å². The van der Waals surface area contributed by atoms with Gasteiger partial charge in [0.1, 0.15) is 5.56 Å². The van der Waals surface area contributed by atoms with Crippen LogP contribution in [0.25, 0.3) is 16.2 Å². The number of methoxy groups -OCH3 is 1. The SMILES string of the molecule is COc1c(Cl)ccc(Cl)c1C(=O)Nc1nc2scc(-c3ccccc3)n2n1. The molecule has 0 atom stereocenters. The Morgan fingerprint density at radius 2 is 1.89 bits per heavy atom. The maximum absolute atomic E-state index is 12.7. The largest absolute Gasteiger partial charge is 0.494 e. The zero-order chi connectivity index (χ0) is 19.0. The molecule has 9 heteroatoms. The smallest absolute Gasteiger partial charge is 0.263 e. The van der Waals surface area contributed by atoms with Crippen molar-refractivity contribution in [2.75, 3.05) is 12.4 Å². The van der Waals surface area contributed by atoms with Gasteiger partial charge in [0.25, 0.3) is 11.9 Å². The third-order valence-electron chi connectivity index (χ3n) is 3.87. The van der Waals surface area contributed by atoms with Crippen LogP contribution in [0.4, 0.5) is 5.95 Å². The summed E-state index contributed by atoms with van der Waals surface area (Å²) < 4.78 is 6.90. The molecule has 0 spiro atoms. The predicted octanol–water partition coefficient (Wildman–Crippen LogP) is 5.03. The van der Waals surface area contributed by atoms with Gasteiger partial charge in [0.15, 0.2) is 5.75 Å². The standard InChI is InChI=1S/C18H12Cl2N4O2S/c1-26-15-12(20)8-7-11(19)14(15)16(25)21-17-22-18-24(23-17)13(9-27-18)10-5-3-2-4-6-10/h2-9H,1H3,(H,21,23,25). The fourth-order valence-electron chi connectivity index (χ4n) is 2.65. The number of rotatable bonds is 4. The first-order valence-electron chi connectivity index (χ1n) is 7.81. The van der Waals surface area contributed by atoms with Crippen molar-refractivity contribution < 1.29 is 9.53 Å². The van der Waals surface area contributed by atoms with Crippen LogP contribution in [0.1, 0.15) is 10.4 Å². The summed E-state index contributed by atoms with van der Waals surface area (Å²) in [7, 11) is 1.42. The number of nitrogens with one attached hydrogen (secondary N) is 1. The van der Waals surface area contributed by atoms with Crippen LogP contribution >= 0.6 is 34.5 Å². The fraction of sp³-hybridized carbons (Fsp3) is 0.0556. The van der Waals surface area contributed by atoms with E-state index in [0.717, 1.165) is 11.3 Å². The highest BCUT2D eigenvalue weighted by atomic mass is 35.5. The quantitative estimate of drug-likeness (QED) is 0.504. The van der Waals surface area contributed by atoms with Gasteiger partial charge < -0.3 is 4.74 Å². The fourth-order valence-corrected chi connectivity index (χ4v) is 3.95. The highest BCUT2D eigenvalue weighted by molar-refractivity contribution is 7.15. The van der Waals surface area contributed by atoms with E-state index in [4.69, 9.17) is 27.9 Å². The lowest BCUT2D eigenvalue weighted by Crippen LogP contribution is -2.15. The van der Waals surface area contributed by atoms with Gasteiger partial charge in [-0.15, -0.1) is 16.4 Å².